The number of hydrogen-bond donors (Lipinski definition) is 4. The van der Waals surface area contributed by atoms with E-state index in [1.807, 2.05) is 6.92 Å². The molecule has 2 aliphatic rings. The second-order valence-electron chi connectivity index (χ2n) is 6.40. The maximum absolute atomic E-state index is 12.5. The van der Waals surface area contributed by atoms with Gasteiger partial charge < -0.3 is 26.4 Å². The van der Waals surface area contributed by atoms with Crippen LogP contribution in [0.5, 0.6) is 0 Å². The lowest BCUT2D eigenvalue weighted by Crippen LogP contribution is -2.59. The van der Waals surface area contributed by atoms with E-state index >= 15 is 0 Å². The lowest BCUT2D eigenvalue weighted by atomic mass is 9.91. The van der Waals surface area contributed by atoms with Crippen molar-refractivity contribution in [2.24, 2.45) is 11.7 Å². The molecule has 0 spiro atoms. The van der Waals surface area contributed by atoms with Crippen LogP contribution in [0.2, 0.25) is 0 Å². The Hall–Kier alpha value is -2.16. The molecule has 9 nitrogen and oxygen atoms in total. The lowest BCUT2D eigenvalue weighted by molar-refractivity contribution is -0.142. The second-order valence-corrected chi connectivity index (χ2v) is 6.40. The highest BCUT2D eigenvalue weighted by Crippen LogP contribution is 2.19. The molecule has 0 aromatic heterocycles. The number of piperidine rings is 1. The van der Waals surface area contributed by atoms with E-state index in [9.17, 15) is 24.3 Å². The number of nitrogens with zero attached hydrogens (tertiary/aromatic N) is 1. The number of aliphatic hydroxyl groups excluding tert-OH is 1. The van der Waals surface area contributed by atoms with Crippen molar-refractivity contribution in [3.05, 3.63) is 0 Å². The number of carbonyl (C=O) groups excluding carboxylic acids is 4. The molecule has 2 rings (SSSR count). The Balaban J connectivity index is 2.02. The molecule has 4 amide bonds. The first-order valence-corrected chi connectivity index (χ1v) is 8.15. The van der Waals surface area contributed by atoms with Crippen molar-refractivity contribution in [3.63, 3.8) is 0 Å². The predicted molar refractivity (Wildman–Crippen MR) is 83.3 cm³/mol. The van der Waals surface area contributed by atoms with E-state index < -0.39 is 42.5 Å². The lowest BCUT2D eigenvalue weighted by Gasteiger charge is -2.31. The van der Waals surface area contributed by atoms with E-state index in [1.54, 1.807) is 0 Å². The fraction of sp³-hybridized carbons (Fsp3) is 0.733. The van der Waals surface area contributed by atoms with Gasteiger partial charge in [-0.2, -0.15) is 0 Å². The molecular weight excluding hydrogens is 316 g/mol. The van der Waals surface area contributed by atoms with E-state index in [0.717, 1.165) is 0 Å². The highest BCUT2D eigenvalue weighted by molar-refractivity contribution is 5.94. The first kappa shape index (κ1) is 18.2. The molecule has 2 fully saturated rings. The number of amides is 4. The van der Waals surface area contributed by atoms with Crippen molar-refractivity contribution in [3.8, 4) is 0 Å². The zero-order valence-corrected chi connectivity index (χ0v) is 13.7. The standard InChI is InChI=1S/C15H24N4O5/c1-8-4-5-11(21)18-12(8)14(23)17-9(7-20)15(24)19-6-2-3-10(19)13(16)22/h8-10,12,20H,2-7H2,1H3,(H2,16,22)(H,17,23)(H,18,21)/t8?,9-,10-,12?/m0/s1. The summed E-state index contributed by atoms with van der Waals surface area (Å²) in [6.07, 6.45) is 2.06. The number of likely N-dealkylation sites (tertiary alicyclic amines) is 1. The van der Waals surface area contributed by atoms with Crippen LogP contribution >= 0.6 is 0 Å². The second kappa shape index (κ2) is 7.61. The Morgan fingerprint density at radius 3 is 2.75 bits per heavy atom. The number of rotatable bonds is 5. The Kier molecular flexibility index (Phi) is 5.76. The number of aliphatic hydroxyl groups is 1. The number of nitrogens with two attached hydrogens (primary N) is 1. The summed E-state index contributed by atoms with van der Waals surface area (Å²) in [7, 11) is 0. The third-order valence-corrected chi connectivity index (χ3v) is 4.66. The quantitative estimate of drug-likeness (QED) is 0.452. The van der Waals surface area contributed by atoms with Gasteiger partial charge in [0.2, 0.25) is 23.6 Å². The molecule has 2 saturated heterocycles. The van der Waals surface area contributed by atoms with Crippen LogP contribution in [0.15, 0.2) is 0 Å². The highest BCUT2D eigenvalue weighted by Gasteiger charge is 2.38. The normalized spacial score (nSPS) is 28.2. The Bertz CT molecular complexity index is 538. The predicted octanol–water partition coefficient (Wildman–Crippen LogP) is -2.15. The van der Waals surface area contributed by atoms with E-state index in [4.69, 9.17) is 5.73 Å². The molecule has 0 saturated carbocycles. The van der Waals surface area contributed by atoms with E-state index in [2.05, 4.69) is 10.6 Å². The average Bonchev–Trinajstić information content (AvgIpc) is 3.03. The summed E-state index contributed by atoms with van der Waals surface area (Å²) < 4.78 is 0. The monoisotopic (exact) mass is 340 g/mol. The van der Waals surface area contributed by atoms with Gasteiger partial charge in [-0.05, 0) is 25.2 Å². The minimum Gasteiger partial charge on any atom is -0.394 e. The molecule has 2 heterocycles. The fourth-order valence-corrected chi connectivity index (χ4v) is 3.21. The minimum absolute atomic E-state index is 0.0673. The van der Waals surface area contributed by atoms with Crippen LogP contribution < -0.4 is 16.4 Å². The number of nitrogens with one attached hydrogen (secondary N) is 2. The van der Waals surface area contributed by atoms with Crippen LogP contribution in [0.3, 0.4) is 0 Å². The number of carbonyl (C=O) groups is 4. The Morgan fingerprint density at radius 1 is 1.42 bits per heavy atom. The van der Waals surface area contributed by atoms with Crippen molar-refractivity contribution in [1.82, 2.24) is 15.5 Å². The zero-order valence-electron chi connectivity index (χ0n) is 13.7. The molecule has 2 unspecified atom stereocenters. The largest absolute Gasteiger partial charge is 0.394 e. The van der Waals surface area contributed by atoms with Crippen LogP contribution in [0.1, 0.15) is 32.6 Å². The van der Waals surface area contributed by atoms with Gasteiger partial charge in [-0.1, -0.05) is 6.92 Å². The summed E-state index contributed by atoms with van der Waals surface area (Å²) in [5.41, 5.74) is 5.29. The third kappa shape index (κ3) is 3.84. The molecule has 0 aliphatic carbocycles. The highest BCUT2D eigenvalue weighted by atomic mass is 16.3. The molecule has 5 N–H and O–H groups in total. The molecule has 0 radical (unpaired) electrons. The van der Waals surface area contributed by atoms with Crippen molar-refractivity contribution < 1.29 is 24.3 Å². The summed E-state index contributed by atoms with van der Waals surface area (Å²) in [5.74, 6) is -1.94. The van der Waals surface area contributed by atoms with Gasteiger partial charge in [0.05, 0.1) is 6.61 Å². The van der Waals surface area contributed by atoms with Crippen LogP contribution in [-0.2, 0) is 19.2 Å². The van der Waals surface area contributed by atoms with Crippen molar-refractivity contribution in [2.45, 2.75) is 50.7 Å². The van der Waals surface area contributed by atoms with Gasteiger partial charge >= 0.3 is 0 Å². The van der Waals surface area contributed by atoms with Crippen molar-refractivity contribution in [2.75, 3.05) is 13.2 Å². The van der Waals surface area contributed by atoms with E-state index in [1.165, 1.54) is 4.90 Å². The van der Waals surface area contributed by atoms with Gasteiger partial charge in [-0.15, -0.1) is 0 Å². The summed E-state index contributed by atoms with van der Waals surface area (Å²) in [5, 5.41) is 14.6. The first-order valence-electron chi connectivity index (χ1n) is 8.15. The summed E-state index contributed by atoms with van der Waals surface area (Å²) in [4.78, 5) is 49.0. The summed E-state index contributed by atoms with van der Waals surface area (Å²) in [6, 6.07) is -2.61. The van der Waals surface area contributed by atoms with Crippen molar-refractivity contribution in [1.29, 1.82) is 0 Å². The molecular formula is C15H24N4O5. The Labute approximate surface area is 139 Å². The Morgan fingerprint density at radius 2 is 2.12 bits per heavy atom. The van der Waals surface area contributed by atoms with Crippen LogP contribution in [-0.4, -0.2) is 64.9 Å². The molecule has 24 heavy (non-hydrogen) atoms. The van der Waals surface area contributed by atoms with Gasteiger partial charge in [0.1, 0.15) is 18.1 Å². The van der Waals surface area contributed by atoms with Crippen LogP contribution in [0.4, 0.5) is 0 Å². The maximum atomic E-state index is 12.5. The average molecular weight is 340 g/mol. The van der Waals surface area contributed by atoms with Crippen molar-refractivity contribution >= 4 is 23.6 Å². The summed E-state index contributed by atoms with van der Waals surface area (Å²) in [6.45, 7) is 1.60. The first-order chi connectivity index (χ1) is 11.3. The van der Waals surface area contributed by atoms with E-state index in [0.29, 0.717) is 32.2 Å². The molecule has 0 aromatic rings. The fourth-order valence-electron chi connectivity index (χ4n) is 3.21. The molecule has 4 atom stereocenters. The third-order valence-electron chi connectivity index (χ3n) is 4.66. The van der Waals surface area contributed by atoms with E-state index in [-0.39, 0.29) is 11.8 Å². The minimum atomic E-state index is -1.16. The number of hydrogen-bond acceptors (Lipinski definition) is 5. The smallest absolute Gasteiger partial charge is 0.248 e. The molecule has 0 aromatic carbocycles. The summed E-state index contributed by atoms with van der Waals surface area (Å²) >= 11 is 0. The SMILES string of the molecule is CC1CCC(=O)NC1C(=O)N[C@@H](CO)C(=O)N1CCC[C@H]1C(N)=O. The van der Waals surface area contributed by atoms with Crippen LogP contribution in [0.25, 0.3) is 0 Å². The van der Waals surface area contributed by atoms with Gasteiger partial charge in [0, 0.05) is 13.0 Å². The maximum Gasteiger partial charge on any atom is 0.248 e. The van der Waals surface area contributed by atoms with Gasteiger partial charge in [-0.25, -0.2) is 0 Å². The van der Waals surface area contributed by atoms with Gasteiger partial charge in [-0.3, -0.25) is 19.2 Å². The molecule has 0 bridgehead atoms. The number of primary amides is 1. The topological polar surface area (TPSA) is 142 Å². The van der Waals surface area contributed by atoms with Gasteiger partial charge in [0.15, 0.2) is 0 Å². The van der Waals surface area contributed by atoms with Crippen LogP contribution in [0, 0.1) is 5.92 Å². The molecule has 134 valence electrons. The zero-order chi connectivity index (χ0) is 17.9. The molecule has 2 aliphatic heterocycles. The molecule has 9 heteroatoms. The van der Waals surface area contributed by atoms with Gasteiger partial charge in [0.25, 0.3) is 0 Å².